The van der Waals surface area contributed by atoms with E-state index in [0.717, 1.165) is 24.8 Å². The molecular formula is C20H21N3O4. The SMILES string of the molecule is O=C(Nc1cc(Oc2ccc3c(c2)C[C@@H](C(=O)NO)CC3)ccn1)C1CC1. The van der Waals surface area contributed by atoms with Gasteiger partial charge in [-0.05, 0) is 61.4 Å². The Kier molecular flexibility index (Phi) is 4.77. The van der Waals surface area contributed by atoms with Crippen LogP contribution in [0.1, 0.15) is 30.4 Å². The second-order valence-electron chi connectivity index (χ2n) is 7.09. The summed E-state index contributed by atoms with van der Waals surface area (Å²) in [4.78, 5) is 27.7. The molecule has 0 spiro atoms. The minimum Gasteiger partial charge on any atom is -0.457 e. The quantitative estimate of drug-likeness (QED) is 0.557. The number of amides is 2. The number of carbonyl (C=O) groups is 2. The maximum atomic E-state index is 11.9. The van der Waals surface area contributed by atoms with Crippen molar-refractivity contribution in [3.8, 4) is 11.5 Å². The molecule has 0 radical (unpaired) electrons. The highest BCUT2D eigenvalue weighted by atomic mass is 16.5. The molecule has 2 aromatic rings. The number of benzene rings is 1. The molecular weight excluding hydrogens is 346 g/mol. The zero-order valence-corrected chi connectivity index (χ0v) is 14.8. The maximum Gasteiger partial charge on any atom is 0.246 e. The van der Waals surface area contributed by atoms with Gasteiger partial charge in [0.05, 0.1) is 0 Å². The Morgan fingerprint density at radius 3 is 2.59 bits per heavy atom. The molecule has 1 heterocycles. The fraction of sp³-hybridized carbons (Fsp3) is 0.350. The van der Waals surface area contributed by atoms with Crippen molar-refractivity contribution in [1.29, 1.82) is 0 Å². The molecule has 7 nitrogen and oxygen atoms in total. The predicted octanol–water partition coefficient (Wildman–Crippen LogP) is 2.83. The van der Waals surface area contributed by atoms with E-state index in [1.54, 1.807) is 23.8 Å². The van der Waals surface area contributed by atoms with Crippen LogP contribution in [0.4, 0.5) is 5.82 Å². The highest BCUT2D eigenvalue weighted by Crippen LogP contribution is 2.32. The molecule has 4 rings (SSSR count). The molecule has 3 N–H and O–H groups in total. The Bertz CT molecular complexity index is 879. The lowest BCUT2D eigenvalue weighted by molar-refractivity contribution is -0.133. The van der Waals surface area contributed by atoms with Crippen LogP contribution >= 0.6 is 0 Å². The van der Waals surface area contributed by atoms with Crippen LogP contribution in [-0.4, -0.2) is 22.0 Å². The molecule has 1 aromatic heterocycles. The van der Waals surface area contributed by atoms with Crippen LogP contribution in [0.3, 0.4) is 0 Å². The van der Waals surface area contributed by atoms with Crippen LogP contribution in [0, 0.1) is 11.8 Å². The lowest BCUT2D eigenvalue weighted by atomic mass is 9.83. The third kappa shape index (κ3) is 4.09. The minimum absolute atomic E-state index is 0.00151. The number of aromatic nitrogens is 1. The van der Waals surface area contributed by atoms with Gasteiger partial charge in [0.2, 0.25) is 11.8 Å². The number of ether oxygens (including phenoxy) is 1. The minimum atomic E-state index is -0.350. The Balaban J connectivity index is 1.47. The van der Waals surface area contributed by atoms with Crippen LogP contribution in [0.2, 0.25) is 0 Å². The molecule has 0 aliphatic heterocycles. The van der Waals surface area contributed by atoms with Gasteiger partial charge in [-0.3, -0.25) is 14.8 Å². The van der Waals surface area contributed by atoms with Crippen molar-refractivity contribution in [2.75, 3.05) is 5.32 Å². The first-order valence-electron chi connectivity index (χ1n) is 9.13. The summed E-state index contributed by atoms with van der Waals surface area (Å²) in [6.07, 6.45) is 5.54. The number of rotatable bonds is 5. The summed E-state index contributed by atoms with van der Waals surface area (Å²) < 4.78 is 5.92. The number of hydrogen-bond donors (Lipinski definition) is 3. The van der Waals surface area contributed by atoms with Gasteiger partial charge in [-0.2, -0.15) is 0 Å². The van der Waals surface area contributed by atoms with E-state index in [1.807, 2.05) is 18.2 Å². The maximum absolute atomic E-state index is 11.9. The largest absolute Gasteiger partial charge is 0.457 e. The smallest absolute Gasteiger partial charge is 0.246 e. The monoisotopic (exact) mass is 367 g/mol. The number of fused-ring (bicyclic) bond motifs is 1. The molecule has 2 aliphatic carbocycles. The summed E-state index contributed by atoms with van der Waals surface area (Å²) in [6, 6.07) is 9.26. The Morgan fingerprint density at radius 2 is 1.81 bits per heavy atom. The van der Waals surface area contributed by atoms with Crippen molar-refractivity contribution in [2.24, 2.45) is 11.8 Å². The van der Waals surface area contributed by atoms with Crippen molar-refractivity contribution in [3.05, 3.63) is 47.7 Å². The van der Waals surface area contributed by atoms with Crippen LogP contribution in [-0.2, 0) is 22.4 Å². The Morgan fingerprint density at radius 1 is 1.00 bits per heavy atom. The number of anilines is 1. The third-order valence-electron chi connectivity index (χ3n) is 5.05. The first-order chi connectivity index (χ1) is 13.1. The second kappa shape index (κ2) is 7.36. The third-order valence-corrected chi connectivity index (χ3v) is 5.05. The zero-order chi connectivity index (χ0) is 18.8. The summed E-state index contributed by atoms with van der Waals surface area (Å²) in [7, 11) is 0. The normalized spacial score (nSPS) is 18.3. The molecule has 27 heavy (non-hydrogen) atoms. The predicted molar refractivity (Wildman–Crippen MR) is 97.6 cm³/mol. The summed E-state index contributed by atoms with van der Waals surface area (Å²) >= 11 is 0. The molecule has 0 saturated heterocycles. The molecule has 140 valence electrons. The van der Waals surface area contributed by atoms with Crippen LogP contribution in [0.15, 0.2) is 36.5 Å². The van der Waals surface area contributed by atoms with Crippen LogP contribution < -0.4 is 15.5 Å². The standard InChI is InChI=1S/C20H21N3O4/c24-19(13-2-3-13)22-18-11-17(7-8-21-18)27-16-6-5-12-1-4-14(20(25)23-26)9-15(12)10-16/h5-8,10-11,13-14,26H,1-4,9H2,(H,23,25)(H,21,22,24)/t14-/m0/s1. The number of hydrogen-bond acceptors (Lipinski definition) is 5. The number of pyridine rings is 1. The molecule has 1 atom stereocenters. The molecule has 1 aromatic carbocycles. The van der Waals surface area contributed by atoms with Crippen molar-refractivity contribution in [1.82, 2.24) is 10.5 Å². The summed E-state index contributed by atoms with van der Waals surface area (Å²) in [5, 5.41) is 11.7. The molecule has 2 amide bonds. The van der Waals surface area contributed by atoms with Gasteiger partial charge in [0.15, 0.2) is 0 Å². The van der Waals surface area contributed by atoms with Crippen LogP contribution in [0.5, 0.6) is 11.5 Å². The van der Waals surface area contributed by atoms with Gasteiger partial charge in [-0.1, -0.05) is 6.07 Å². The average Bonchev–Trinajstić information content (AvgIpc) is 3.52. The van der Waals surface area contributed by atoms with Gasteiger partial charge < -0.3 is 10.1 Å². The fourth-order valence-electron chi connectivity index (χ4n) is 3.36. The first kappa shape index (κ1) is 17.5. The number of hydroxylamine groups is 1. The summed E-state index contributed by atoms with van der Waals surface area (Å²) in [5.41, 5.74) is 3.98. The molecule has 1 fully saturated rings. The molecule has 2 aliphatic rings. The van der Waals surface area contributed by atoms with Crippen LogP contribution in [0.25, 0.3) is 0 Å². The van der Waals surface area contributed by atoms with Crippen molar-refractivity contribution in [3.63, 3.8) is 0 Å². The topological polar surface area (TPSA) is 101 Å². The van der Waals surface area contributed by atoms with Gasteiger partial charge in [0, 0.05) is 24.1 Å². The van der Waals surface area contributed by atoms with E-state index in [1.165, 1.54) is 5.56 Å². The van der Waals surface area contributed by atoms with Gasteiger partial charge in [0.25, 0.3) is 0 Å². The van der Waals surface area contributed by atoms with Crippen molar-refractivity contribution < 1.29 is 19.5 Å². The van der Waals surface area contributed by atoms with E-state index < -0.39 is 0 Å². The van der Waals surface area contributed by atoms with Gasteiger partial charge in [-0.25, -0.2) is 10.5 Å². The van der Waals surface area contributed by atoms with E-state index in [0.29, 0.717) is 30.2 Å². The number of carbonyl (C=O) groups excluding carboxylic acids is 2. The van der Waals surface area contributed by atoms with E-state index in [9.17, 15) is 9.59 Å². The highest BCUT2D eigenvalue weighted by Gasteiger charge is 2.30. The summed E-state index contributed by atoms with van der Waals surface area (Å²) in [6.45, 7) is 0. The summed E-state index contributed by atoms with van der Waals surface area (Å²) in [5.74, 6) is 1.24. The second-order valence-corrected chi connectivity index (χ2v) is 7.09. The van der Waals surface area contributed by atoms with Crippen molar-refractivity contribution >= 4 is 17.6 Å². The fourth-order valence-corrected chi connectivity index (χ4v) is 3.36. The number of aryl methyl sites for hydroxylation is 1. The van der Waals surface area contributed by atoms with E-state index in [2.05, 4.69) is 10.3 Å². The highest BCUT2D eigenvalue weighted by molar-refractivity contribution is 5.93. The number of nitrogens with one attached hydrogen (secondary N) is 2. The molecule has 7 heteroatoms. The van der Waals surface area contributed by atoms with E-state index in [4.69, 9.17) is 9.94 Å². The van der Waals surface area contributed by atoms with Gasteiger partial charge in [0.1, 0.15) is 17.3 Å². The van der Waals surface area contributed by atoms with E-state index in [-0.39, 0.29) is 23.7 Å². The Hall–Kier alpha value is -2.93. The lowest BCUT2D eigenvalue weighted by Crippen LogP contribution is -2.31. The zero-order valence-electron chi connectivity index (χ0n) is 14.8. The first-order valence-corrected chi connectivity index (χ1v) is 9.13. The van der Waals surface area contributed by atoms with Crippen molar-refractivity contribution in [2.45, 2.75) is 32.1 Å². The van der Waals surface area contributed by atoms with E-state index >= 15 is 0 Å². The molecule has 0 unspecified atom stereocenters. The Labute approximate surface area is 156 Å². The van der Waals surface area contributed by atoms with Gasteiger partial charge in [-0.15, -0.1) is 0 Å². The molecule has 0 bridgehead atoms. The average molecular weight is 367 g/mol. The lowest BCUT2D eigenvalue weighted by Gasteiger charge is -2.23. The number of nitrogens with zero attached hydrogens (tertiary/aromatic N) is 1. The molecule has 1 saturated carbocycles. The van der Waals surface area contributed by atoms with Gasteiger partial charge >= 0.3 is 0 Å².